The largest absolute Gasteiger partial charge is 0.424 e. The van der Waals surface area contributed by atoms with Crippen LogP contribution >= 0.6 is 0 Å². The van der Waals surface area contributed by atoms with E-state index in [1.54, 1.807) is 0 Å². The molecule has 3 nitrogen and oxygen atoms in total. The average Bonchev–Trinajstić information content (AvgIpc) is 2.43. The maximum atomic E-state index is 11.9. The maximum Gasteiger partial charge on any atom is 0.313 e. The zero-order valence-corrected chi connectivity index (χ0v) is 13.3. The summed E-state index contributed by atoms with van der Waals surface area (Å²) in [4.78, 5) is 11.9. The topological polar surface area (TPSA) is 38.3 Å². The van der Waals surface area contributed by atoms with Crippen LogP contribution in [0.25, 0.3) is 0 Å². The average molecular weight is 275 g/mol. The SMILES string of the molecule is CC(C)(C)c1ccc2c(c1)NC(C(C)(C)C)CC(=O)O2. The predicted octanol–water partition coefficient (Wildman–Crippen LogP) is 4.12. The number of benzene rings is 1. The second-order valence-corrected chi connectivity index (χ2v) is 7.70. The van der Waals surface area contributed by atoms with Crippen molar-refractivity contribution in [1.29, 1.82) is 0 Å². The number of rotatable bonds is 0. The summed E-state index contributed by atoms with van der Waals surface area (Å²) < 4.78 is 5.45. The van der Waals surface area contributed by atoms with Crippen LogP contribution in [0.3, 0.4) is 0 Å². The van der Waals surface area contributed by atoms with E-state index in [2.05, 4.69) is 52.9 Å². The number of hydrogen-bond acceptors (Lipinski definition) is 3. The Morgan fingerprint density at radius 3 is 2.35 bits per heavy atom. The number of carbonyl (C=O) groups excluding carboxylic acids is 1. The minimum atomic E-state index is -0.167. The summed E-state index contributed by atoms with van der Waals surface area (Å²) in [7, 11) is 0. The quantitative estimate of drug-likeness (QED) is 0.572. The number of carbonyl (C=O) groups is 1. The summed E-state index contributed by atoms with van der Waals surface area (Å²) in [5.41, 5.74) is 2.22. The van der Waals surface area contributed by atoms with E-state index in [1.165, 1.54) is 5.56 Å². The molecule has 0 bridgehead atoms. The highest BCUT2D eigenvalue weighted by Gasteiger charge is 2.31. The first-order chi connectivity index (χ1) is 9.07. The van der Waals surface area contributed by atoms with Crippen molar-refractivity contribution in [3.05, 3.63) is 23.8 Å². The van der Waals surface area contributed by atoms with E-state index < -0.39 is 0 Å². The van der Waals surface area contributed by atoms with Gasteiger partial charge in [-0.25, -0.2) is 0 Å². The zero-order chi connectivity index (χ0) is 15.1. The molecule has 1 N–H and O–H groups in total. The molecule has 1 aliphatic rings. The molecule has 110 valence electrons. The van der Waals surface area contributed by atoms with Gasteiger partial charge in [-0.2, -0.15) is 0 Å². The van der Waals surface area contributed by atoms with Crippen LogP contribution in [0.2, 0.25) is 0 Å². The van der Waals surface area contributed by atoms with Crippen molar-refractivity contribution in [3.63, 3.8) is 0 Å². The van der Waals surface area contributed by atoms with Crippen LogP contribution in [0.4, 0.5) is 5.69 Å². The van der Waals surface area contributed by atoms with Gasteiger partial charge in [0.15, 0.2) is 5.75 Å². The lowest BCUT2D eigenvalue weighted by Gasteiger charge is -2.30. The fourth-order valence-corrected chi connectivity index (χ4v) is 2.29. The van der Waals surface area contributed by atoms with Crippen LogP contribution in [-0.2, 0) is 10.2 Å². The standard InChI is InChI=1S/C17H25NO2/c1-16(2,3)11-7-8-13-12(9-11)18-14(17(4,5)6)10-15(19)20-13/h7-9,14,18H,10H2,1-6H3. The third-order valence-electron chi connectivity index (χ3n) is 3.82. The summed E-state index contributed by atoms with van der Waals surface area (Å²) in [6.07, 6.45) is 0.392. The Kier molecular flexibility index (Phi) is 3.57. The predicted molar refractivity (Wildman–Crippen MR) is 82.3 cm³/mol. The highest BCUT2D eigenvalue weighted by atomic mass is 16.5. The third kappa shape index (κ3) is 3.14. The van der Waals surface area contributed by atoms with Crippen molar-refractivity contribution in [2.24, 2.45) is 5.41 Å². The van der Waals surface area contributed by atoms with Gasteiger partial charge >= 0.3 is 5.97 Å². The number of esters is 1. The molecule has 0 amide bonds. The van der Waals surface area contributed by atoms with Gasteiger partial charge in [0, 0.05) is 6.04 Å². The molecule has 1 aliphatic heterocycles. The van der Waals surface area contributed by atoms with E-state index in [0.717, 1.165) is 5.69 Å². The fourth-order valence-electron chi connectivity index (χ4n) is 2.29. The molecule has 0 aromatic heterocycles. The minimum absolute atomic E-state index is 0.00162. The summed E-state index contributed by atoms with van der Waals surface area (Å²) in [5.74, 6) is 0.467. The van der Waals surface area contributed by atoms with E-state index in [4.69, 9.17) is 4.74 Å². The molecule has 3 heteroatoms. The van der Waals surface area contributed by atoms with Gasteiger partial charge in [-0.15, -0.1) is 0 Å². The first-order valence-corrected chi connectivity index (χ1v) is 7.19. The van der Waals surface area contributed by atoms with E-state index >= 15 is 0 Å². The Morgan fingerprint density at radius 2 is 1.80 bits per heavy atom. The molecule has 1 aromatic rings. The highest BCUT2D eigenvalue weighted by molar-refractivity contribution is 5.78. The van der Waals surface area contributed by atoms with Crippen LogP contribution in [-0.4, -0.2) is 12.0 Å². The number of anilines is 1. The molecule has 0 saturated carbocycles. The van der Waals surface area contributed by atoms with Gasteiger partial charge in [-0.3, -0.25) is 4.79 Å². The molecule has 2 rings (SSSR count). The molecular formula is C17H25NO2. The summed E-state index contributed by atoms with van der Waals surface area (Å²) >= 11 is 0. The molecule has 0 fully saturated rings. The highest BCUT2D eigenvalue weighted by Crippen LogP contribution is 2.37. The van der Waals surface area contributed by atoms with Crippen molar-refractivity contribution in [2.45, 2.75) is 59.4 Å². The number of fused-ring (bicyclic) bond motifs is 1. The van der Waals surface area contributed by atoms with E-state index in [0.29, 0.717) is 12.2 Å². The third-order valence-corrected chi connectivity index (χ3v) is 3.82. The molecule has 1 atom stereocenters. The van der Waals surface area contributed by atoms with Crippen molar-refractivity contribution in [1.82, 2.24) is 0 Å². The van der Waals surface area contributed by atoms with Gasteiger partial charge in [-0.05, 0) is 28.5 Å². The van der Waals surface area contributed by atoms with Gasteiger partial charge < -0.3 is 10.1 Å². The first kappa shape index (κ1) is 14.9. The lowest BCUT2D eigenvalue weighted by Crippen LogP contribution is -2.35. The lowest BCUT2D eigenvalue weighted by atomic mass is 9.84. The van der Waals surface area contributed by atoms with Crippen molar-refractivity contribution >= 4 is 11.7 Å². The smallest absolute Gasteiger partial charge is 0.313 e. The molecule has 20 heavy (non-hydrogen) atoms. The zero-order valence-electron chi connectivity index (χ0n) is 13.3. The molecule has 0 aliphatic carbocycles. The molecule has 1 unspecified atom stereocenters. The van der Waals surface area contributed by atoms with Crippen LogP contribution < -0.4 is 10.1 Å². The van der Waals surface area contributed by atoms with E-state index in [9.17, 15) is 4.79 Å². The Balaban J connectivity index is 2.43. The Morgan fingerprint density at radius 1 is 1.15 bits per heavy atom. The Hall–Kier alpha value is -1.51. The van der Waals surface area contributed by atoms with Gasteiger partial charge in [-0.1, -0.05) is 47.6 Å². The van der Waals surface area contributed by atoms with E-state index in [-0.39, 0.29) is 22.8 Å². The van der Waals surface area contributed by atoms with Gasteiger partial charge in [0.1, 0.15) is 0 Å². The molecule has 0 spiro atoms. The second-order valence-electron chi connectivity index (χ2n) is 7.70. The Labute approximate surface area is 121 Å². The Bertz CT molecular complexity index is 521. The summed E-state index contributed by atoms with van der Waals surface area (Å²) in [6.45, 7) is 12.9. The van der Waals surface area contributed by atoms with E-state index in [1.807, 2.05) is 12.1 Å². The lowest BCUT2D eigenvalue weighted by molar-refractivity contribution is -0.134. The monoisotopic (exact) mass is 275 g/mol. The van der Waals surface area contributed by atoms with Crippen molar-refractivity contribution < 1.29 is 9.53 Å². The number of ether oxygens (including phenoxy) is 1. The minimum Gasteiger partial charge on any atom is -0.424 e. The normalized spacial score (nSPS) is 19.7. The van der Waals surface area contributed by atoms with Crippen molar-refractivity contribution in [2.75, 3.05) is 5.32 Å². The fraction of sp³-hybridized carbons (Fsp3) is 0.588. The molecular weight excluding hydrogens is 250 g/mol. The van der Waals surface area contributed by atoms with Crippen LogP contribution in [0, 0.1) is 5.41 Å². The van der Waals surface area contributed by atoms with Crippen LogP contribution in [0.15, 0.2) is 18.2 Å². The molecule has 0 saturated heterocycles. The van der Waals surface area contributed by atoms with Crippen LogP contribution in [0.1, 0.15) is 53.5 Å². The van der Waals surface area contributed by atoms with Gasteiger partial charge in [0.25, 0.3) is 0 Å². The number of hydrogen-bond donors (Lipinski definition) is 1. The summed E-state index contributed by atoms with van der Waals surface area (Å²) in [6, 6.07) is 6.11. The second kappa shape index (κ2) is 4.80. The maximum absolute atomic E-state index is 11.9. The first-order valence-electron chi connectivity index (χ1n) is 7.19. The molecule has 1 aromatic carbocycles. The number of nitrogens with one attached hydrogen (secondary N) is 1. The van der Waals surface area contributed by atoms with Crippen LogP contribution in [0.5, 0.6) is 5.75 Å². The van der Waals surface area contributed by atoms with Gasteiger partial charge in [0.2, 0.25) is 0 Å². The summed E-state index contributed by atoms with van der Waals surface area (Å²) in [5, 5.41) is 3.50. The molecule has 0 radical (unpaired) electrons. The van der Waals surface area contributed by atoms with Gasteiger partial charge in [0.05, 0.1) is 12.1 Å². The van der Waals surface area contributed by atoms with Crippen molar-refractivity contribution in [3.8, 4) is 5.75 Å². The molecule has 1 heterocycles.